The molecule has 5 heteroatoms. The minimum Gasteiger partial charge on any atom is -0.330 e. The highest BCUT2D eigenvalue weighted by Crippen LogP contribution is 2.30. The molecule has 1 heterocycles. The predicted octanol–water partition coefficient (Wildman–Crippen LogP) is 1.48. The first-order valence-electron chi connectivity index (χ1n) is 5.60. The Bertz CT molecular complexity index is 293. The third-order valence-electron chi connectivity index (χ3n) is 2.70. The Labute approximate surface area is 94.4 Å². The lowest BCUT2D eigenvalue weighted by Crippen LogP contribution is -2.04. The summed E-state index contributed by atoms with van der Waals surface area (Å²) in [7, 11) is 0. The molecule has 1 fully saturated rings. The third-order valence-corrected chi connectivity index (χ3v) is 4.09. The molecule has 0 radical (unpaired) electrons. The van der Waals surface area contributed by atoms with Crippen LogP contribution in [-0.2, 0) is 12.2 Å². The van der Waals surface area contributed by atoms with Gasteiger partial charge in [0.2, 0.25) is 0 Å². The molecule has 1 saturated carbocycles. The van der Waals surface area contributed by atoms with Crippen LogP contribution in [0.25, 0.3) is 0 Å². The number of nitrogens with zero attached hydrogens (tertiary/aromatic N) is 2. The zero-order valence-corrected chi connectivity index (χ0v) is 9.72. The zero-order chi connectivity index (χ0) is 10.5. The van der Waals surface area contributed by atoms with E-state index in [1.165, 1.54) is 25.7 Å². The number of hydrogen-bond acceptors (Lipinski definition) is 4. The number of rotatable bonds is 5. The van der Waals surface area contributed by atoms with Crippen LogP contribution in [0.15, 0.2) is 0 Å². The first-order chi connectivity index (χ1) is 7.38. The van der Waals surface area contributed by atoms with Crippen molar-refractivity contribution in [3.63, 3.8) is 0 Å². The fourth-order valence-electron chi connectivity index (χ4n) is 1.89. The molecule has 1 aromatic heterocycles. The summed E-state index contributed by atoms with van der Waals surface area (Å²) in [5, 5.41) is 7.94. The molecule has 0 amide bonds. The molecule has 0 atom stereocenters. The first kappa shape index (κ1) is 11.0. The van der Waals surface area contributed by atoms with E-state index in [1.807, 2.05) is 11.8 Å². The van der Waals surface area contributed by atoms with Crippen molar-refractivity contribution in [2.45, 2.75) is 43.1 Å². The quantitative estimate of drug-likeness (QED) is 0.798. The first-order valence-corrected chi connectivity index (χ1v) is 6.65. The SMILES string of the molecule is NCCc1n[nH]c(CSC2CCCC2)n1. The van der Waals surface area contributed by atoms with E-state index in [0.29, 0.717) is 6.54 Å². The van der Waals surface area contributed by atoms with E-state index in [4.69, 9.17) is 5.73 Å². The van der Waals surface area contributed by atoms with Gasteiger partial charge in [0.1, 0.15) is 5.82 Å². The summed E-state index contributed by atoms with van der Waals surface area (Å²) in [6.45, 7) is 0.618. The summed E-state index contributed by atoms with van der Waals surface area (Å²) in [5.41, 5.74) is 5.44. The number of nitrogens with one attached hydrogen (secondary N) is 1. The zero-order valence-electron chi connectivity index (χ0n) is 8.91. The van der Waals surface area contributed by atoms with E-state index < -0.39 is 0 Å². The molecular formula is C10H18N4S. The Morgan fingerprint density at radius 3 is 2.93 bits per heavy atom. The third kappa shape index (κ3) is 3.21. The van der Waals surface area contributed by atoms with E-state index in [9.17, 15) is 0 Å². The molecule has 0 aliphatic heterocycles. The van der Waals surface area contributed by atoms with Crippen molar-refractivity contribution < 1.29 is 0 Å². The fourth-order valence-corrected chi connectivity index (χ4v) is 3.08. The van der Waals surface area contributed by atoms with Gasteiger partial charge in [0.05, 0.1) is 5.75 Å². The summed E-state index contributed by atoms with van der Waals surface area (Å²) in [4.78, 5) is 4.39. The van der Waals surface area contributed by atoms with Gasteiger partial charge >= 0.3 is 0 Å². The van der Waals surface area contributed by atoms with Crippen LogP contribution in [0, 0.1) is 0 Å². The van der Waals surface area contributed by atoms with Crippen molar-refractivity contribution >= 4 is 11.8 Å². The smallest absolute Gasteiger partial charge is 0.151 e. The van der Waals surface area contributed by atoms with Crippen LogP contribution in [0.2, 0.25) is 0 Å². The van der Waals surface area contributed by atoms with Crippen LogP contribution in [0.1, 0.15) is 37.3 Å². The average Bonchev–Trinajstić information content (AvgIpc) is 2.85. The summed E-state index contributed by atoms with van der Waals surface area (Å²) in [6.07, 6.45) is 6.30. The predicted molar refractivity (Wildman–Crippen MR) is 62.7 cm³/mol. The number of H-pyrrole nitrogens is 1. The van der Waals surface area contributed by atoms with Crippen LogP contribution in [0.5, 0.6) is 0 Å². The second-order valence-electron chi connectivity index (χ2n) is 3.95. The molecule has 1 aliphatic carbocycles. The number of aromatic amines is 1. The van der Waals surface area contributed by atoms with Crippen molar-refractivity contribution in [1.82, 2.24) is 15.2 Å². The molecule has 15 heavy (non-hydrogen) atoms. The van der Waals surface area contributed by atoms with Crippen LogP contribution in [0.4, 0.5) is 0 Å². The fraction of sp³-hybridized carbons (Fsp3) is 0.800. The van der Waals surface area contributed by atoms with Crippen LogP contribution in [-0.4, -0.2) is 27.0 Å². The van der Waals surface area contributed by atoms with Crippen molar-refractivity contribution in [3.05, 3.63) is 11.6 Å². The highest BCUT2D eigenvalue weighted by Gasteiger charge is 2.15. The van der Waals surface area contributed by atoms with Crippen LogP contribution < -0.4 is 5.73 Å². The Morgan fingerprint density at radius 1 is 1.40 bits per heavy atom. The molecule has 1 aliphatic rings. The van der Waals surface area contributed by atoms with Gasteiger partial charge in [0, 0.05) is 11.7 Å². The molecule has 0 spiro atoms. The Hall–Kier alpha value is -0.550. The van der Waals surface area contributed by atoms with Gasteiger partial charge in [-0.3, -0.25) is 5.10 Å². The number of thioether (sulfide) groups is 1. The van der Waals surface area contributed by atoms with Crippen molar-refractivity contribution in [2.24, 2.45) is 5.73 Å². The molecular weight excluding hydrogens is 208 g/mol. The highest BCUT2D eigenvalue weighted by molar-refractivity contribution is 7.99. The van der Waals surface area contributed by atoms with E-state index in [-0.39, 0.29) is 0 Å². The Balaban J connectivity index is 1.77. The second kappa shape index (κ2) is 5.51. The maximum absolute atomic E-state index is 5.44. The van der Waals surface area contributed by atoms with Gasteiger partial charge in [0.15, 0.2) is 5.82 Å². The molecule has 4 nitrogen and oxygen atoms in total. The minimum atomic E-state index is 0.618. The normalized spacial score (nSPS) is 17.4. The molecule has 0 saturated heterocycles. The molecule has 0 aromatic carbocycles. The van der Waals surface area contributed by atoms with Gasteiger partial charge in [0.25, 0.3) is 0 Å². The minimum absolute atomic E-state index is 0.618. The maximum Gasteiger partial charge on any atom is 0.151 e. The molecule has 0 bridgehead atoms. The van der Waals surface area contributed by atoms with Crippen LogP contribution >= 0.6 is 11.8 Å². The summed E-state index contributed by atoms with van der Waals surface area (Å²) >= 11 is 2.00. The Morgan fingerprint density at radius 2 is 2.20 bits per heavy atom. The summed E-state index contributed by atoms with van der Waals surface area (Å²) in [6, 6.07) is 0. The van der Waals surface area contributed by atoms with Crippen molar-refractivity contribution in [1.29, 1.82) is 0 Å². The number of aromatic nitrogens is 3. The highest BCUT2D eigenvalue weighted by atomic mass is 32.2. The Kier molecular flexibility index (Phi) is 4.02. The standard InChI is InChI=1S/C10H18N4S/c11-6-5-9-12-10(14-13-9)7-15-8-3-1-2-4-8/h8H,1-7,11H2,(H,12,13,14). The molecule has 2 rings (SSSR count). The molecule has 1 aromatic rings. The lowest BCUT2D eigenvalue weighted by atomic mass is 10.4. The summed E-state index contributed by atoms with van der Waals surface area (Å²) < 4.78 is 0. The summed E-state index contributed by atoms with van der Waals surface area (Å²) in [5.74, 6) is 2.80. The molecule has 0 unspecified atom stereocenters. The van der Waals surface area contributed by atoms with Gasteiger partial charge in [-0.15, -0.1) is 0 Å². The van der Waals surface area contributed by atoms with Gasteiger partial charge in [-0.1, -0.05) is 12.8 Å². The number of nitrogens with two attached hydrogens (primary N) is 1. The van der Waals surface area contributed by atoms with Crippen molar-refractivity contribution in [2.75, 3.05) is 6.54 Å². The van der Waals surface area contributed by atoms with Crippen molar-refractivity contribution in [3.8, 4) is 0 Å². The maximum atomic E-state index is 5.44. The largest absolute Gasteiger partial charge is 0.330 e. The van der Waals surface area contributed by atoms with Crippen LogP contribution in [0.3, 0.4) is 0 Å². The van der Waals surface area contributed by atoms with E-state index in [2.05, 4.69) is 15.2 Å². The van der Waals surface area contributed by atoms with Gasteiger partial charge in [-0.05, 0) is 19.4 Å². The van der Waals surface area contributed by atoms with E-state index in [1.54, 1.807) is 0 Å². The monoisotopic (exact) mass is 226 g/mol. The molecule has 84 valence electrons. The lowest BCUT2D eigenvalue weighted by molar-refractivity contribution is 0.874. The van der Waals surface area contributed by atoms with Gasteiger partial charge < -0.3 is 5.73 Å². The van der Waals surface area contributed by atoms with Gasteiger partial charge in [-0.2, -0.15) is 16.9 Å². The second-order valence-corrected chi connectivity index (χ2v) is 5.24. The lowest BCUT2D eigenvalue weighted by Gasteiger charge is -2.05. The average molecular weight is 226 g/mol. The van der Waals surface area contributed by atoms with E-state index >= 15 is 0 Å². The van der Waals surface area contributed by atoms with E-state index in [0.717, 1.165) is 29.1 Å². The topological polar surface area (TPSA) is 67.6 Å². The number of hydrogen-bond donors (Lipinski definition) is 2. The van der Waals surface area contributed by atoms with Gasteiger partial charge in [-0.25, -0.2) is 4.98 Å². The molecule has 3 N–H and O–H groups in total.